The van der Waals surface area contributed by atoms with Crippen LogP contribution in [0.2, 0.25) is 0 Å². The Hall–Kier alpha value is -1.84. The first-order valence-corrected chi connectivity index (χ1v) is 8.12. The molecule has 0 aliphatic heterocycles. The molecule has 1 aromatic heterocycles. The monoisotopic (exact) mass is 330 g/mol. The van der Waals surface area contributed by atoms with Crippen LogP contribution < -0.4 is 4.72 Å². The van der Waals surface area contributed by atoms with Gasteiger partial charge in [-0.3, -0.25) is 0 Å². The number of aromatic nitrogens is 1. The summed E-state index contributed by atoms with van der Waals surface area (Å²) in [6, 6.07) is 4.90. The van der Waals surface area contributed by atoms with Crippen molar-refractivity contribution in [2.45, 2.75) is 17.2 Å². The summed E-state index contributed by atoms with van der Waals surface area (Å²) < 4.78 is 39.8. The second-order valence-corrected chi connectivity index (χ2v) is 6.92. The van der Waals surface area contributed by atoms with Gasteiger partial charge in [-0.25, -0.2) is 27.3 Å². The third kappa shape index (κ3) is 3.26. The van der Waals surface area contributed by atoms with Crippen molar-refractivity contribution in [2.75, 3.05) is 0 Å². The van der Waals surface area contributed by atoms with E-state index in [1.807, 2.05) is 0 Å². The molecule has 1 atom stereocenters. The van der Waals surface area contributed by atoms with Crippen molar-refractivity contribution < 1.29 is 22.7 Å². The number of nitrogens with one attached hydrogen (secondary N) is 1. The third-order valence-electron chi connectivity index (χ3n) is 2.69. The number of aromatic carboxylic acids is 1. The van der Waals surface area contributed by atoms with Gasteiger partial charge in [-0.15, -0.1) is 11.3 Å². The van der Waals surface area contributed by atoms with E-state index in [9.17, 15) is 17.6 Å². The lowest BCUT2D eigenvalue weighted by atomic mass is 10.1. The minimum atomic E-state index is -4.10. The lowest BCUT2D eigenvalue weighted by Crippen LogP contribution is -2.28. The Morgan fingerprint density at radius 2 is 2.10 bits per heavy atom. The number of rotatable bonds is 5. The number of benzene rings is 1. The van der Waals surface area contributed by atoms with Crippen LogP contribution in [0.1, 0.15) is 29.0 Å². The molecule has 2 aromatic rings. The highest BCUT2D eigenvalue weighted by atomic mass is 32.2. The predicted molar refractivity (Wildman–Crippen MR) is 74.2 cm³/mol. The molecule has 0 radical (unpaired) electrons. The molecule has 0 spiro atoms. The molecule has 2 N–H and O–H groups in total. The first-order chi connectivity index (χ1) is 9.83. The Morgan fingerprint density at radius 3 is 2.71 bits per heavy atom. The average molecular weight is 330 g/mol. The van der Waals surface area contributed by atoms with E-state index in [0.717, 1.165) is 5.51 Å². The highest BCUT2D eigenvalue weighted by molar-refractivity contribution is 7.91. The van der Waals surface area contributed by atoms with Crippen LogP contribution >= 0.6 is 11.3 Å². The van der Waals surface area contributed by atoms with Crippen LogP contribution in [0.25, 0.3) is 0 Å². The maximum Gasteiger partial charge on any atom is 0.356 e. The second kappa shape index (κ2) is 5.88. The molecule has 21 heavy (non-hydrogen) atoms. The molecule has 0 aliphatic rings. The summed E-state index contributed by atoms with van der Waals surface area (Å²) in [4.78, 5) is 14.4. The molecule has 2 rings (SSSR count). The van der Waals surface area contributed by atoms with Crippen LogP contribution in [0.15, 0.2) is 34.0 Å². The van der Waals surface area contributed by atoms with E-state index in [-0.39, 0.29) is 5.56 Å². The first-order valence-electron chi connectivity index (χ1n) is 5.76. The standard InChI is InChI=1S/C12H11FN2O4S2/c1-7(8-4-2-3-5-9(8)13)15-21(18,19)12-10(11(16)17)14-6-20-12/h2-7,15H,1H3,(H,16,17)/t7-/m1/s1. The van der Waals surface area contributed by atoms with Gasteiger partial charge in [-0.2, -0.15) is 0 Å². The quantitative estimate of drug-likeness (QED) is 0.874. The first kappa shape index (κ1) is 15.5. The summed E-state index contributed by atoms with van der Waals surface area (Å²) in [6.07, 6.45) is 0. The lowest BCUT2D eigenvalue weighted by Gasteiger charge is -2.14. The average Bonchev–Trinajstić information content (AvgIpc) is 2.88. The Bertz CT molecular complexity index is 773. The number of carbonyl (C=O) groups is 1. The zero-order valence-corrected chi connectivity index (χ0v) is 12.4. The van der Waals surface area contributed by atoms with Gasteiger partial charge in [0.1, 0.15) is 5.82 Å². The number of thiazole rings is 1. The topological polar surface area (TPSA) is 96.4 Å². The Balaban J connectivity index is 2.32. The van der Waals surface area contributed by atoms with Crippen molar-refractivity contribution in [2.24, 2.45) is 0 Å². The molecule has 1 heterocycles. The van der Waals surface area contributed by atoms with Crippen LogP contribution in [0, 0.1) is 5.82 Å². The zero-order valence-electron chi connectivity index (χ0n) is 10.8. The van der Waals surface area contributed by atoms with Gasteiger partial charge in [0.05, 0.1) is 5.51 Å². The predicted octanol–water partition coefficient (Wildman–Crippen LogP) is 2.02. The molecular formula is C12H11FN2O4S2. The van der Waals surface area contributed by atoms with E-state index < -0.39 is 37.8 Å². The van der Waals surface area contributed by atoms with E-state index in [4.69, 9.17) is 5.11 Å². The molecule has 0 fully saturated rings. The summed E-state index contributed by atoms with van der Waals surface area (Å²) in [5.41, 5.74) is 0.752. The maximum atomic E-state index is 13.6. The van der Waals surface area contributed by atoms with Gasteiger partial charge in [-0.05, 0) is 13.0 Å². The molecule has 112 valence electrons. The van der Waals surface area contributed by atoms with Crippen molar-refractivity contribution in [3.8, 4) is 0 Å². The van der Waals surface area contributed by atoms with Gasteiger partial charge in [0.15, 0.2) is 9.90 Å². The van der Waals surface area contributed by atoms with Crippen LogP contribution in [0.3, 0.4) is 0 Å². The van der Waals surface area contributed by atoms with Gasteiger partial charge < -0.3 is 5.11 Å². The molecule has 0 unspecified atom stereocenters. The normalized spacial score (nSPS) is 13.0. The Kier molecular flexibility index (Phi) is 4.35. The van der Waals surface area contributed by atoms with Gasteiger partial charge in [-0.1, -0.05) is 18.2 Å². The summed E-state index contributed by atoms with van der Waals surface area (Å²) >= 11 is 0.690. The third-order valence-corrected chi connectivity index (χ3v) is 5.60. The molecule has 0 bridgehead atoms. The number of carboxylic acids is 1. The zero-order chi connectivity index (χ0) is 15.6. The molecule has 1 aromatic carbocycles. The number of sulfonamides is 1. The highest BCUT2D eigenvalue weighted by Gasteiger charge is 2.27. The maximum absolute atomic E-state index is 13.6. The van der Waals surface area contributed by atoms with E-state index in [2.05, 4.69) is 9.71 Å². The molecule has 0 saturated carbocycles. The van der Waals surface area contributed by atoms with Crippen LogP contribution in [-0.4, -0.2) is 24.5 Å². The van der Waals surface area contributed by atoms with Gasteiger partial charge in [0.25, 0.3) is 10.0 Å². The molecular weight excluding hydrogens is 319 g/mol. The van der Waals surface area contributed by atoms with Crippen LogP contribution in [0.5, 0.6) is 0 Å². The fourth-order valence-corrected chi connectivity index (χ4v) is 4.12. The molecule has 0 amide bonds. The van der Waals surface area contributed by atoms with Crippen molar-refractivity contribution in [1.82, 2.24) is 9.71 Å². The van der Waals surface area contributed by atoms with Crippen LogP contribution in [-0.2, 0) is 10.0 Å². The number of halogens is 1. The van der Waals surface area contributed by atoms with Gasteiger partial charge >= 0.3 is 5.97 Å². The van der Waals surface area contributed by atoms with E-state index in [1.165, 1.54) is 25.1 Å². The van der Waals surface area contributed by atoms with Gasteiger partial charge in [0.2, 0.25) is 0 Å². The molecule has 0 aliphatic carbocycles. The Labute approximate surface area is 124 Å². The molecule has 6 nitrogen and oxygen atoms in total. The summed E-state index contributed by atoms with van der Waals surface area (Å²) in [5.74, 6) is -1.98. The fraction of sp³-hybridized carbons (Fsp3) is 0.167. The van der Waals surface area contributed by atoms with E-state index >= 15 is 0 Å². The summed E-state index contributed by atoms with van der Waals surface area (Å²) in [6.45, 7) is 1.47. The minimum absolute atomic E-state index is 0.169. The second-order valence-electron chi connectivity index (χ2n) is 4.16. The van der Waals surface area contributed by atoms with Crippen molar-refractivity contribution in [3.63, 3.8) is 0 Å². The number of hydrogen-bond donors (Lipinski definition) is 2. The largest absolute Gasteiger partial charge is 0.476 e. The van der Waals surface area contributed by atoms with Crippen molar-refractivity contribution in [1.29, 1.82) is 0 Å². The fourth-order valence-electron chi connectivity index (χ4n) is 1.74. The summed E-state index contributed by atoms with van der Waals surface area (Å²) in [5, 5.41) is 8.91. The van der Waals surface area contributed by atoms with E-state index in [0.29, 0.717) is 11.3 Å². The van der Waals surface area contributed by atoms with Crippen LogP contribution in [0.4, 0.5) is 4.39 Å². The van der Waals surface area contributed by atoms with Gasteiger partial charge in [0, 0.05) is 11.6 Å². The number of nitrogens with zero attached hydrogens (tertiary/aromatic N) is 1. The molecule has 0 saturated heterocycles. The summed E-state index contributed by atoms with van der Waals surface area (Å²) in [7, 11) is -4.10. The SMILES string of the molecule is C[C@@H](NS(=O)(=O)c1scnc1C(=O)O)c1ccccc1F. The lowest BCUT2D eigenvalue weighted by molar-refractivity contribution is 0.0687. The highest BCUT2D eigenvalue weighted by Crippen LogP contribution is 2.23. The molecule has 9 heteroatoms. The smallest absolute Gasteiger partial charge is 0.356 e. The van der Waals surface area contributed by atoms with Crippen molar-refractivity contribution >= 4 is 27.3 Å². The number of carboxylic acid groups (broad SMARTS) is 1. The minimum Gasteiger partial charge on any atom is -0.476 e. The van der Waals surface area contributed by atoms with E-state index in [1.54, 1.807) is 6.07 Å². The Morgan fingerprint density at radius 1 is 1.43 bits per heavy atom. The van der Waals surface area contributed by atoms with Crippen molar-refractivity contribution in [3.05, 3.63) is 46.9 Å². The number of hydrogen-bond acceptors (Lipinski definition) is 5.